The third kappa shape index (κ3) is 6.67. The fourth-order valence-electron chi connectivity index (χ4n) is 14.6. The normalized spacial score (nSPS) is 43.6. The van der Waals surface area contributed by atoms with Gasteiger partial charge in [-0.3, -0.25) is 9.52 Å². The van der Waals surface area contributed by atoms with Crippen molar-refractivity contribution in [3.8, 4) is 0 Å². The topological polar surface area (TPSA) is 113 Å². The summed E-state index contributed by atoms with van der Waals surface area (Å²) >= 11 is 0. The summed E-state index contributed by atoms with van der Waals surface area (Å²) in [5, 5.41) is 4.21. The Morgan fingerprint density at radius 2 is 1.64 bits per heavy atom. The average molecular weight is 772 g/mol. The highest BCUT2D eigenvalue weighted by Gasteiger charge is 2.70. The van der Waals surface area contributed by atoms with Crippen LogP contribution in [-0.2, 0) is 24.7 Å². The van der Waals surface area contributed by atoms with Crippen LogP contribution in [0.4, 0.5) is 0 Å². The van der Waals surface area contributed by atoms with Gasteiger partial charge in [-0.15, -0.1) is 0 Å². The summed E-state index contributed by atoms with van der Waals surface area (Å²) in [7, 11) is -6.42. The van der Waals surface area contributed by atoms with Crippen molar-refractivity contribution in [1.29, 1.82) is 0 Å². The molecule has 53 heavy (non-hydrogen) atoms. The first-order valence-corrected chi connectivity index (χ1v) is 24.6. The van der Waals surface area contributed by atoms with Crippen molar-refractivity contribution in [2.45, 2.75) is 124 Å². The van der Waals surface area contributed by atoms with Gasteiger partial charge in [0.05, 0.1) is 17.8 Å². The van der Waals surface area contributed by atoms with E-state index in [1.165, 1.54) is 68.1 Å². The molecule has 2 N–H and O–H groups in total. The van der Waals surface area contributed by atoms with Crippen LogP contribution >= 0.6 is 0 Å². The Balaban J connectivity index is 1.11. The van der Waals surface area contributed by atoms with Crippen LogP contribution < -0.4 is 10.0 Å². The number of nitrogens with zero attached hydrogens (tertiary/aromatic N) is 1. The van der Waals surface area contributed by atoms with Crippen LogP contribution in [0.2, 0.25) is 0 Å². The molecular formula is C43H69N3O5S2. The molecule has 1 amide bonds. The van der Waals surface area contributed by atoms with E-state index < -0.39 is 19.9 Å². The Morgan fingerprint density at radius 1 is 0.925 bits per heavy atom. The summed E-state index contributed by atoms with van der Waals surface area (Å²) in [4.78, 5) is 15.0. The molecule has 1 saturated heterocycles. The second-order valence-electron chi connectivity index (χ2n) is 20.2. The fraction of sp³-hybridized carbons (Fsp3) is 0.837. The molecule has 7 rings (SSSR count). The molecule has 0 bridgehead atoms. The van der Waals surface area contributed by atoms with Crippen LogP contribution in [0.25, 0.3) is 0 Å². The number of amides is 1. The van der Waals surface area contributed by atoms with Gasteiger partial charge in [0.1, 0.15) is 0 Å². The van der Waals surface area contributed by atoms with Crippen LogP contribution in [0.15, 0.2) is 35.5 Å². The molecular weight excluding hydrogens is 703 g/mol. The molecule has 4 saturated carbocycles. The molecule has 7 aliphatic rings. The lowest BCUT2D eigenvalue weighted by Gasteiger charge is -2.72. The first kappa shape index (κ1) is 39.7. The molecule has 1 aliphatic heterocycles. The van der Waals surface area contributed by atoms with E-state index in [9.17, 15) is 21.6 Å². The number of hydrogen-bond acceptors (Lipinski definition) is 7. The molecule has 5 fully saturated rings. The molecule has 0 aromatic rings. The minimum atomic E-state index is -3.55. The maximum atomic E-state index is 12.6. The molecule has 10 atom stereocenters. The second-order valence-corrected chi connectivity index (χ2v) is 24.3. The number of allylic oxidation sites excluding steroid dienone is 5. The maximum absolute atomic E-state index is 12.6. The summed E-state index contributed by atoms with van der Waals surface area (Å²) < 4.78 is 49.7. The van der Waals surface area contributed by atoms with Gasteiger partial charge in [-0.25, -0.2) is 16.8 Å². The van der Waals surface area contributed by atoms with Gasteiger partial charge in [0.15, 0.2) is 9.84 Å². The molecule has 8 nitrogen and oxygen atoms in total. The van der Waals surface area contributed by atoms with Crippen molar-refractivity contribution < 1.29 is 21.6 Å². The van der Waals surface area contributed by atoms with E-state index in [1.54, 1.807) is 0 Å². The lowest BCUT2D eigenvalue weighted by molar-refractivity contribution is -0.221. The number of nitrogens with one attached hydrogen (secondary N) is 2. The molecule has 0 radical (unpaired) electrons. The van der Waals surface area contributed by atoms with Gasteiger partial charge < -0.3 is 10.2 Å². The van der Waals surface area contributed by atoms with Gasteiger partial charge in [0.25, 0.3) is 0 Å². The molecule has 0 spiro atoms. The van der Waals surface area contributed by atoms with E-state index in [2.05, 4.69) is 75.2 Å². The number of rotatable bonds is 8. The Hall–Kier alpha value is -1.49. The van der Waals surface area contributed by atoms with E-state index in [1.807, 2.05) is 0 Å². The third-order valence-electron chi connectivity index (χ3n) is 17.4. The van der Waals surface area contributed by atoms with Gasteiger partial charge in [0, 0.05) is 37.6 Å². The molecule has 1 heterocycles. The molecule has 0 aromatic carbocycles. The maximum Gasteiger partial charge on any atom is 0.236 e. The zero-order valence-corrected chi connectivity index (χ0v) is 35.5. The van der Waals surface area contributed by atoms with Crippen molar-refractivity contribution in [3.05, 3.63) is 35.5 Å². The molecule has 10 heteroatoms. The Morgan fingerprint density at radius 3 is 2.28 bits per heavy atom. The zero-order chi connectivity index (χ0) is 38.4. The largest absolute Gasteiger partial charge is 0.310 e. The first-order valence-electron chi connectivity index (χ1n) is 20.9. The SMILES string of the molecule is C=C(C)[C@@H]1CC[C@]2(NCCN3CCS(=O)(=O)CC3)CC[C@]3(C)[C@H](CC[C@@H]4[C@@]5(C)CC=C(C6=CCC(C(=O)NS(C)(=O)=O)CC6)C(C)(C)[C@@H]5CC[C@]43C)[C@@H]12. The predicted octanol–water partition coefficient (Wildman–Crippen LogP) is 7.06. The lowest BCUT2D eigenvalue weighted by Crippen LogP contribution is -2.68. The summed E-state index contributed by atoms with van der Waals surface area (Å²) in [6, 6.07) is 0. The Bertz CT molecular complexity index is 1770. The van der Waals surface area contributed by atoms with Crippen molar-refractivity contribution in [2.24, 2.45) is 57.2 Å². The quantitative estimate of drug-likeness (QED) is 0.255. The van der Waals surface area contributed by atoms with E-state index in [-0.39, 0.29) is 39.0 Å². The number of fused-ring (bicyclic) bond motifs is 7. The number of hydrogen-bond donors (Lipinski definition) is 2. The highest BCUT2D eigenvalue weighted by molar-refractivity contribution is 7.91. The number of carbonyl (C=O) groups excluding carboxylic acids is 1. The highest BCUT2D eigenvalue weighted by Crippen LogP contribution is 2.76. The zero-order valence-electron chi connectivity index (χ0n) is 33.9. The van der Waals surface area contributed by atoms with Crippen molar-refractivity contribution in [1.82, 2.24) is 14.9 Å². The molecule has 1 unspecified atom stereocenters. The van der Waals surface area contributed by atoms with Gasteiger partial charge in [-0.2, -0.15) is 0 Å². The number of carbonyl (C=O) groups is 1. The summed E-state index contributed by atoms with van der Waals surface area (Å²) in [6.07, 6.45) is 19.1. The average Bonchev–Trinajstić information content (AvgIpc) is 3.45. The van der Waals surface area contributed by atoms with E-state index in [4.69, 9.17) is 0 Å². The first-order chi connectivity index (χ1) is 24.7. The van der Waals surface area contributed by atoms with Gasteiger partial charge in [-0.05, 0) is 146 Å². The number of sulfonamides is 1. The minimum absolute atomic E-state index is 0.0282. The van der Waals surface area contributed by atoms with Crippen LogP contribution in [0.3, 0.4) is 0 Å². The van der Waals surface area contributed by atoms with Gasteiger partial charge >= 0.3 is 0 Å². The molecule has 6 aliphatic carbocycles. The van der Waals surface area contributed by atoms with E-state index >= 15 is 0 Å². The van der Waals surface area contributed by atoms with Crippen molar-refractivity contribution >= 4 is 25.8 Å². The van der Waals surface area contributed by atoms with Crippen LogP contribution in [-0.4, -0.2) is 77.1 Å². The van der Waals surface area contributed by atoms with Gasteiger partial charge in [-0.1, -0.05) is 58.9 Å². The monoisotopic (exact) mass is 771 g/mol. The third-order valence-corrected chi connectivity index (χ3v) is 19.6. The lowest BCUT2D eigenvalue weighted by atomic mass is 9.33. The predicted molar refractivity (Wildman–Crippen MR) is 214 cm³/mol. The van der Waals surface area contributed by atoms with Crippen LogP contribution in [0, 0.1) is 57.2 Å². The van der Waals surface area contributed by atoms with Crippen LogP contribution in [0.1, 0.15) is 119 Å². The fourth-order valence-corrected chi connectivity index (χ4v) is 16.4. The summed E-state index contributed by atoms with van der Waals surface area (Å²) in [5.74, 6) is 2.99. The smallest absolute Gasteiger partial charge is 0.236 e. The van der Waals surface area contributed by atoms with Crippen molar-refractivity contribution in [2.75, 3.05) is 43.9 Å². The minimum Gasteiger partial charge on any atom is -0.310 e. The summed E-state index contributed by atoms with van der Waals surface area (Å²) in [6.45, 7) is 23.1. The summed E-state index contributed by atoms with van der Waals surface area (Å²) in [5.41, 5.74) is 5.13. The Labute approximate surface area is 321 Å². The van der Waals surface area contributed by atoms with Crippen molar-refractivity contribution in [3.63, 3.8) is 0 Å². The molecule has 298 valence electrons. The van der Waals surface area contributed by atoms with E-state index in [0.29, 0.717) is 67.0 Å². The van der Waals surface area contributed by atoms with Gasteiger partial charge in [0.2, 0.25) is 15.9 Å². The van der Waals surface area contributed by atoms with Crippen LogP contribution in [0.5, 0.6) is 0 Å². The molecule has 0 aromatic heterocycles. The standard InChI is InChI=1S/C43H69N3O5S2/c1-29(2)32-15-20-43(44-23-24-46-25-27-53(50,51)28-26-46)22-21-41(6)34(37(32)43)13-14-36-40(5)18-16-33(39(3,4)35(40)17-19-42(36,41)7)30-9-11-31(12-10-30)38(47)45-52(8,48)49/h9,16,31-32,34-37,44H,1,10-15,17-28H2,2-8H3,(H,45,47)/t31?,32-,34+,35-,36+,37+,40-,41+,42+,43-/m0/s1. The Kier molecular flexibility index (Phi) is 10.2. The highest BCUT2D eigenvalue weighted by atomic mass is 32.2. The van der Waals surface area contributed by atoms with E-state index in [0.717, 1.165) is 32.2 Å². The number of sulfone groups is 1. The second kappa shape index (κ2) is 13.6.